The van der Waals surface area contributed by atoms with E-state index in [0.717, 1.165) is 17.3 Å². The van der Waals surface area contributed by atoms with Crippen LogP contribution in [-0.2, 0) is 14.9 Å². The summed E-state index contributed by atoms with van der Waals surface area (Å²) in [7, 11) is -3.59. The topological polar surface area (TPSA) is 46.6 Å². The van der Waals surface area contributed by atoms with Gasteiger partial charge in [0.25, 0.3) is 10.0 Å². The number of sulfonamides is 1. The molecular weight excluding hydrogens is 262 g/mol. The van der Waals surface area contributed by atoms with Crippen molar-refractivity contribution in [2.45, 2.75) is 24.7 Å². The van der Waals surface area contributed by atoms with Gasteiger partial charge < -0.3 is 0 Å². The lowest BCUT2D eigenvalue weighted by Crippen LogP contribution is -2.36. The lowest BCUT2D eigenvalue weighted by molar-refractivity contribution is -0.108. The quantitative estimate of drug-likeness (QED) is 0.832. The molecule has 1 heterocycles. The SMILES string of the molecule is Cc1c(Cl)cccc1S(=O)(=O)N1CCCCO1. The van der Waals surface area contributed by atoms with Crippen LogP contribution in [0.25, 0.3) is 0 Å². The van der Waals surface area contributed by atoms with Crippen molar-refractivity contribution in [1.82, 2.24) is 4.47 Å². The summed E-state index contributed by atoms with van der Waals surface area (Å²) in [6, 6.07) is 4.85. The molecule has 6 heteroatoms. The first-order valence-electron chi connectivity index (χ1n) is 5.44. The first-order valence-corrected chi connectivity index (χ1v) is 7.26. The van der Waals surface area contributed by atoms with Gasteiger partial charge in [-0.15, -0.1) is 0 Å². The zero-order valence-electron chi connectivity index (χ0n) is 9.52. The van der Waals surface area contributed by atoms with Crippen molar-refractivity contribution < 1.29 is 13.3 Å². The Kier molecular flexibility index (Phi) is 3.73. The standard InChI is InChI=1S/C11H14ClNO3S/c1-9-10(12)5-4-6-11(9)17(14,15)13-7-2-3-8-16-13/h4-6H,2-3,7-8H2,1H3. The Morgan fingerprint density at radius 2 is 2.12 bits per heavy atom. The van der Waals surface area contributed by atoms with Crippen LogP contribution in [0.15, 0.2) is 23.1 Å². The van der Waals surface area contributed by atoms with E-state index in [9.17, 15) is 8.42 Å². The highest BCUT2D eigenvalue weighted by atomic mass is 35.5. The van der Waals surface area contributed by atoms with E-state index in [1.807, 2.05) is 0 Å². The van der Waals surface area contributed by atoms with Gasteiger partial charge in [-0.25, -0.2) is 8.42 Å². The van der Waals surface area contributed by atoms with Gasteiger partial charge in [-0.1, -0.05) is 22.1 Å². The van der Waals surface area contributed by atoms with Crippen molar-refractivity contribution in [1.29, 1.82) is 0 Å². The van der Waals surface area contributed by atoms with Crippen LogP contribution in [0.3, 0.4) is 0 Å². The molecule has 0 radical (unpaired) electrons. The van der Waals surface area contributed by atoms with Gasteiger partial charge in [0.15, 0.2) is 0 Å². The highest BCUT2D eigenvalue weighted by Crippen LogP contribution is 2.26. The molecule has 1 aromatic rings. The lowest BCUT2D eigenvalue weighted by atomic mass is 10.2. The third kappa shape index (κ3) is 2.47. The van der Waals surface area contributed by atoms with Crippen LogP contribution in [0.5, 0.6) is 0 Å². The Bertz CT molecular complexity index is 509. The van der Waals surface area contributed by atoms with Crippen molar-refractivity contribution in [3.63, 3.8) is 0 Å². The van der Waals surface area contributed by atoms with Crippen molar-refractivity contribution in [3.05, 3.63) is 28.8 Å². The van der Waals surface area contributed by atoms with Crippen molar-refractivity contribution >= 4 is 21.6 Å². The second-order valence-corrected chi connectivity index (χ2v) is 6.14. The normalized spacial score (nSPS) is 18.2. The Balaban J connectivity index is 2.40. The maximum atomic E-state index is 12.3. The van der Waals surface area contributed by atoms with E-state index in [2.05, 4.69) is 0 Å². The van der Waals surface area contributed by atoms with Gasteiger partial charge in [0.1, 0.15) is 0 Å². The second kappa shape index (κ2) is 4.94. The second-order valence-electron chi connectivity index (χ2n) is 3.93. The summed E-state index contributed by atoms with van der Waals surface area (Å²) in [5.74, 6) is 0. The van der Waals surface area contributed by atoms with Gasteiger partial charge in [0, 0.05) is 11.6 Å². The largest absolute Gasteiger partial charge is 0.284 e. The van der Waals surface area contributed by atoms with Gasteiger partial charge in [0.05, 0.1) is 11.5 Å². The van der Waals surface area contributed by atoms with E-state index in [4.69, 9.17) is 16.4 Å². The average molecular weight is 276 g/mol. The Morgan fingerprint density at radius 3 is 2.76 bits per heavy atom. The summed E-state index contributed by atoms with van der Waals surface area (Å²) in [5, 5.41) is 0.447. The van der Waals surface area contributed by atoms with E-state index in [-0.39, 0.29) is 4.90 Å². The van der Waals surface area contributed by atoms with Gasteiger partial charge in [-0.2, -0.15) is 0 Å². The highest BCUT2D eigenvalue weighted by molar-refractivity contribution is 7.89. The molecule has 0 saturated carbocycles. The van der Waals surface area contributed by atoms with Crippen molar-refractivity contribution in [2.75, 3.05) is 13.2 Å². The summed E-state index contributed by atoms with van der Waals surface area (Å²) in [6.07, 6.45) is 1.71. The van der Waals surface area contributed by atoms with E-state index in [1.54, 1.807) is 25.1 Å². The summed E-state index contributed by atoms with van der Waals surface area (Å²) in [5.41, 5.74) is 0.559. The lowest BCUT2D eigenvalue weighted by Gasteiger charge is -2.25. The van der Waals surface area contributed by atoms with Crippen molar-refractivity contribution in [3.8, 4) is 0 Å². The first kappa shape index (κ1) is 12.8. The number of hydrogen-bond acceptors (Lipinski definition) is 3. The molecule has 1 saturated heterocycles. The Morgan fingerprint density at radius 1 is 1.35 bits per heavy atom. The minimum atomic E-state index is -3.59. The van der Waals surface area contributed by atoms with Crippen LogP contribution in [0.4, 0.5) is 0 Å². The predicted octanol–water partition coefficient (Wildman–Crippen LogP) is 2.36. The summed E-state index contributed by atoms with van der Waals surface area (Å²) < 4.78 is 25.7. The minimum Gasteiger partial charge on any atom is -0.284 e. The third-order valence-electron chi connectivity index (χ3n) is 2.73. The van der Waals surface area contributed by atoms with Crippen LogP contribution in [0, 0.1) is 6.92 Å². The van der Waals surface area contributed by atoms with E-state index in [1.165, 1.54) is 0 Å². The molecule has 0 bridgehead atoms. The summed E-state index contributed by atoms with van der Waals surface area (Å²) in [4.78, 5) is 5.41. The summed E-state index contributed by atoms with van der Waals surface area (Å²) >= 11 is 5.94. The fourth-order valence-corrected chi connectivity index (χ4v) is 3.52. The van der Waals surface area contributed by atoms with Gasteiger partial charge >= 0.3 is 0 Å². The van der Waals surface area contributed by atoms with Crippen LogP contribution >= 0.6 is 11.6 Å². The number of nitrogens with zero attached hydrogens (tertiary/aromatic N) is 1. The molecule has 94 valence electrons. The molecule has 1 aliphatic heterocycles. The van der Waals surface area contributed by atoms with Gasteiger partial charge in [-0.3, -0.25) is 4.84 Å². The number of rotatable bonds is 2. The van der Waals surface area contributed by atoms with Crippen LogP contribution in [0.1, 0.15) is 18.4 Å². The van der Waals surface area contributed by atoms with E-state index in [0.29, 0.717) is 23.7 Å². The summed E-state index contributed by atoms with van der Waals surface area (Å²) in [6.45, 7) is 2.53. The number of benzene rings is 1. The van der Waals surface area contributed by atoms with Gasteiger partial charge in [-0.05, 0) is 37.5 Å². The molecule has 0 aromatic heterocycles. The fraction of sp³-hybridized carbons (Fsp3) is 0.455. The molecule has 0 aliphatic carbocycles. The molecule has 2 rings (SSSR count). The molecule has 0 amide bonds. The molecule has 4 nitrogen and oxygen atoms in total. The molecule has 1 aromatic carbocycles. The zero-order chi connectivity index (χ0) is 12.5. The maximum absolute atomic E-state index is 12.3. The molecule has 0 spiro atoms. The predicted molar refractivity (Wildman–Crippen MR) is 65.3 cm³/mol. The first-order chi connectivity index (χ1) is 8.03. The van der Waals surface area contributed by atoms with E-state index < -0.39 is 10.0 Å². The number of halogens is 1. The fourth-order valence-electron chi connectivity index (χ4n) is 1.74. The molecule has 1 fully saturated rings. The smallest absolute Gasteiger partial charge is 0.265 e. The highest BCUT2D eigenvalue weighted by Gasteiger charge is 2.29. The van der Waals surface area contributed by atoms with Crippen LogP contribution in [-0.4, -0.2) is 26.0 Å². The van der Waals surface area contributed by atoms with E-state index >= 15 is 0 Å². The molecular formula is C11H14ClNO3S. The molecule has 1 aliphatic rings. The minimum absolute atomic E-state index is 0.215. The monoisotopic (exact) mass is 275 g/mol. The molecule has 17 heavy (non-hydrogen) atoms. The van der Waals surface area contributed by atoms with Crippen molar-refractivity contribution in [2.24, 2.45) is 0 Å². The van der Waals surface area contributed by atoms with Crippen LogP contribution < -0.4 is 0 Å². The van der Waals surface area contributed by atoms with Crippen LogP contribution in [0.2, 0.25) is 5.02 Å². The number of hydrogen-bond donors (Lipinski definition) is 0. The number of hydroxylamine groups is 1. The Labute approximate surface area is 106 Å². The Hall–Kier alpha value is -0.620. The zero-order valence-corrected chi connectivity index (χ0v) is 11.1. The molecule has 0 unspecified atom stereocenters. The molecule has 0 N–H and O–H groups in total. The molecule has 0 atom stereocenters. The third-order valence-corrected chi connectivity index (χ3v) is 4.97. The van der Waals surface area contributed by atoms with Gasteiger partial charge in [0.2, 0.25) is 0 Å². The maximum Gasteiger partial charge on any atom is 0.265 e. The average Bonchev–Trinajstić information content (AvgIpc) is 2.33.